The van der Waals surface area contributed by atoms with E-state index in [0.29, 0.717) is 18.0 Å². The summed E-state index contributed by atoms with van der Waals surface area (Å²) in [5.74, 6) is 1.21. The second kappa shape index (κ2) is 6.67. The second-order valence-corrected chi connectivity index (χ2v) is 6.91. The molecule has 0 bridgehead atoms. The molecule has 25 heavy (non-hydrogen) atoms. The maximum absolute atomic E-state index is 12.3. The molecule has 0 amide bonds. The van der Waals surface area contributed by atoms with Gasteiger partial charge in [-0.15, -0.1) is 0 Å². The Morgan fingerprint density at radius 3 is 2.92 bits per heavy atom. The minimum absolute atomic E-state index is 0.0274. The predicted molar refractivity (Wildman–Crippen MR) is 94.4 cm³/mol. The highest BCUT2D eigenvalue weighted by atomic mass is 16.1. The highest BCUT2D eigenvalue weighted by Gasteiger charge is 2.23. The number of hydrogen-bond donors (Lipinski definition) is 0. The summed E-state index contributed by atoms with van der Waals surface area (Å²) in [4.78, 5) is 18.8. The number of nitriles is 1. The average molecular weight is 335 g/mol. The van der Waals surface area contributed by atoms with E-state index in [0.717, 1.165) is 62.3 Å². The van der Waals surface area contributed by atoms with Crippen molar-refractivity contribution in [1.29, 1.82) is 5.26 Å². The third-order valence-electron chi connectivity index (χ3n) is 5.28. The van der Waals surface area contributed by atoms with E-state index >= 15 is 0 Å². The van der Waals surface area contributed by atoms with Gasteiger partial charge in [0.2, 0.25) is 0 Å². The van der Waals surface area contributed by atoms with Gasteiger partial charge in [-0.2, -0.15) is 10.4 Å². The van der Waals surface area contributed by atoms with Crippen LogP contribution in [0.5, 0.6) is 0 Å². The van der Waals surface area contributed by atoms with Crippen LogP contribution in [-0.4, -0.2) is 27.9 Å². The van der Waals surface area contributed by atoms with E-state index in [4.69, 9.17) is 0 Å². The summed E-state index contributed by atoms with van der Waals surface area (Å²) in [6.07, 6.45) is 6.78. The minimum Gasteiger partial charge on any atom is -0.356 e. The van der Waals surface area contributed by atoms with Crippen LogP contribution in [0, 0.1) is 17.2 Å². The Morgan fingerprint density at radius 1 is 1.28 bits per heavy atom. The van der Waals surface area contributed by atoms with Gasteiger partial charge in [-0.05, 0) is 55.7 Å². The number of pyridine rings is 1. The third-order valence-corrected chi connectivity index (χ3v) is 5.28. The fourth-order valence-corrected chi connectivity index (χ4v) is 3.88. The first-order chi connectivity index (χ1) is 12.2. The summed E-state index contributed by atoms with van der Waals surface area (Å²) in [5.41, 5.74) is 2.89. The topological polar surface area (TPSA) is 74.8 Å². The van der Waals surface area contributed by atoms with E-state index in [2.05, 4.69) is 21.1 Å². The molecule has 3 heterocycles. The van der Waals surface area contributed by atoms with Crippen LogP contribution >= 0.6 is 0 Å². The molecule has 6 heteroatoms. The molecule has 4 rings (SSSR count). The predicted octanol–water partition coefficient (Wildman–Crippen LogP) is 1.92. The molecule has 6 nitrogen and oxygen atoms in total. The molecule has 2 aliphatic rings. The molecule has 0 unspecified atom stereocenters. The largest absolute Gasteiger partial charge is 0.356 e. The van der Waals surface area contributed by atoms with Gasteiger partial charge >= 0.3 is 0 Å². The molecule has 1 aliphatic heterocycles. The number of anilines is 1. The Morgan fingerprint density at radius 2 is 2.12 bits per heavy atom. The molecule has 0 aromatic carbocycles. The monoisotopic (exact) mass is 335 g/mol. The number of aryl methyl sites for hydroxylation is 2. The molecule has 1 saturated heterocycles. The van der Waals surface area contributed by atoms with Crippen LogP contribution in [0.25, 0.3) is 0 Å². The standard InChI is InChI=1S/C19H21N5O/c20-12-16-4-2-8-21-19(16)23-9-6-14(7-10-23)13-24-18(25)11-15-3-1-5-17(15)22-24/h2,4,8,11,14H,1,3,5-7,9-10,13H2. The van der Waals surface area contributed by atoms with Gasteiger partial charge in [0.25, 0.3) is 5.56 Å². The van der Waals surface area contributed by atoms with Crippen molar-refractivity contribution in [3.05, 3.63) is 51.6 Å². The van der Waals surface area contributed by atoms with Crippen LogP contribution < -0.4 is 10.5 Å². The third kappa shape index (κ3) is 3.14. The van der Waals surface area contributed by atoms with E-state index in [9.17, 15) is 10.1 Å². The quantitative estimate of drug-likeness (QED) is 0.856. The fraction of sp³-hybridized carbons (Fsp3) is 0.474. The zero-order valence-corrected chi connectivity index (χ0v) is 14.2. The number of hydrogen-bond acceptors (Lipinski definition) is 5. The normalized spacial score (nSPS) is 17.3. The molecule has 0 spiro atoms. The first-order valence-corrected chi connectivity index (χ1v) is 8.94. The van der Waals surface area contributed by atoms with Gasteiger partial charge in [0.05, 0.1) is 11.3 Å². The van der Waals surface area contributed by atoms with Crippen molar-refractivity contribution in [1.82, 2.24) is 14.8 Å². The smallest absolute Gasteiger partial charge is 0.267 e. The molecular weight excluding hydrogens is 314 g/mol. The van der Waals surface area contributed by atoms with E-state index in [1.165, 1.54) is 0 Å². The van der Waals surface area contributed by atoms with Gasteiger partial charge in [-0.3, -0.25) is 4.79 Å². The number of fused-ring (bicyclic) bond motifs is 1. The van der Waals surface area contributed by atoms with Crippen molar-refractivity contribution in [3.8, 4) is 6.07 Å². The van der Waals surface area contributed by atoms with Gasteiger partial charge in [0.15, 0.2) is 0 Å². The van der Waals surface area contributed by atoms with Crippen LogP contribution in [-0.2, 0) is 19.4 Å². The van der Waals surface area contributed by atoms with Crippen LogP contribution in [0.3, 0.4) is 0 Å². The Kier molecular flexibility index (Phi) is 4.22. The van der Waals surface area contributed by atoms with Gasteiger partial charge in [0.1, 0.15) is 11.9 Å². The van der Waals surface area contributed by atoms with Crippen molar-refractivity contribution in [3.63, 3.8) is 0 Å². The molecule has 2 aromatic heterocycles. The molecule has 1 fully saturated rings. The Balaban J connectivity index is 1.43. The first kappa shape index (κ1) is 15.8. The van der Waals surface area contributed by atoms with Crippen LogP contribution in [0.1, 0.15) is 36.1 Å². The minimum atomic E-state index is 0.0274. The summed E-state index contributed by atoms with van der Waals surface area (Å²) in [6.45, 7) is 2.40. The number of rotatable bonds is 3. The number of piperidine rings is 1. The van der Waals surface area contributed by atoms with Gasteiger partial charge in [0, 0.05) is 31.9 Å². The molecule has 0 radical (unpaired) electrons. The van der Waals surface area contributed by atoms with Crippen molar-refractivity contribution < 1.29 is 0 Å². The first-order valence-electron chi connectivity index (χ1n) is 8.94. The van der Waals surface area contributed by atoms with Crippen LogP contribution in [0.15, 0.2) is 29.2 Å². The molecule has 0 saturated carbocycles. The summed E-state index contributed by atoms with van der Waals surface area (Å²) in [5, 5.41) is 13.8. The Labute approximate surface area is 146 Å². The maximum Gasteiger partial charge on any atom is 0.267 e. The molecular formula is C19H21N5O. The average Bonchev–Trinajstić information content (AvgIpc) is 3.09. The van der Waals surface area contributed by atoms with Crippen molar-refractivity contribution in [2.45, 2.75) is 38.6 Å². The molecule has 2 aromatic rings. The summed E-state index contributed by atoms with van der Waals surface area (Å²) in [7, 11) is 0. The molecule has 0 N–H and O–H groups in total. The number of aromatic nitrogens is 3. The lowest BCUT2D eigenvalue weighted by Gasteiger charge is -2.33. The number of nitrogens with zero attached hydrogens (tertiary/aromatic N) is 5. The highest BCUT2D eigenvalue weighted by molar-refractivity contribution is 5.53. The zero-order chi connectivity index (χ0) is 17.2. The van der Waals surface area contributed by atoms with Crippen LogP contribution in [0.4, 0.5) is 5.82 Å². The maximum atomic E-state index is 12.3. The van der Waals surface area contributed by atoms with E-state index in [-0.39, 0.29) is 5.56 Å². The summed E-state index contributed by atoms with van der Waals surface area (Å²) < 4.78 is 1.66. The van der Waals surface area contributed by atoms with E-state index in [1.54, 1.807) is 23.0 Å². The van der Waals surface area contributed by atoms with Crippen molar-refractivity contribution >= 4 is 5.82 Å². The Hall–Kier alpha value is -2.68. The molecule has 0 atom stereocenters. The highest BCUT2D eigenvalue weighted by Crippen LogP contribution is 2.25. The lowest BCUT2D eigenvalue weighted by atomic mass is 9.96. The van der Waals surface area contributed by atoms with E-state index < -0.39 is 0 Å². The van der Waals surface area contributed by atoms with Gasteiger partial charge in [-0.25, -0.2) is 9.67 Å². The summed E-state index contributed by atoms with van der Waals surface area (Å²) >= 11 is 0. The fourth-order valence-electron chi connectivity index (χ4n) is 3.88. The van der Waals surface area contributed by atoms with E-state index in [1.807, 2.05) is 6.07 Å². The van der Waals surface area contributed by atoms with Crippen molar-refractivity contribution in [2.24, 2.45) is 5.92 Å². The molecule has 128 valence electrons. The van der Waals surface area contributed by atoms with Gasteiger partial charge in [-0.1, -0.05) is 0 Å². The lowest BCUT2D eigenvalue weighted by Crippen LogP contribution is -2.37. The lowest BCUT2D eigenvalue weighted by molar-refractivity contribution is 0.333. The molecule has 1 aliphatic carbocycles. The summed E-state index contributed by atoms with van der Waals surface area (Å²) in [6, 6.07) is 7.59. The van der Waals surface area contributed by atoms with Crippen molar-refractivity contribution in [2.75, 3.05) is 18.0 Å². The zero-order valence-electron chi connectivity index (χ0n) is 14.2. The van der Waals surface area contributed by atoms with Crippen LogP contribution in [0.2, 0.25) is 0 Å². The second-order valence-electron chi connectivity index (χ2n) is 6.91. The van der Waals surface area contributed by atoms with Gasteiger partial charge < -0.3 is 4.90 Å². The Bertz CT molecular complexity index is 874. The SMILES string of the molecule is N#Cc1cccnc1N1CCC(Cn2nc3c(cc2=O)CCC3)CC1.